The molecule has 1 rings (SSSR count). The van der Waals surface area contributed by atoms with Crippen molar-refractivity contribution >= 4 is 32.5 Å². The summed E-state index contributed by atoms with van der Waals surface area (Å²) in [5, 5.41) is 2.38. The van der Waals surface area contributed by atoms with Gasteiger partial charge in [0.05, 0.1) is 0 Å². The quantitative estimate of drug-likeness (QED) is 0.809. The van der Waals surface area contributed by atoms with Crippen LogP contribution in [0.5, 0.6) is 0 Å². The second-order valence-electron chi connectivity index (χ2n) is 4.40. The lowest BCUT2D eigenvalue weighted by molar-refractivity contribution is 0.0959. The molecule has 4 nitrogen and oxygen atoms in total. The summed E-state index contributed by atoms with van der Waals surface area (Å²) < 4.78 is 21.8. The highest BCUT2D eigenvalue weighted by Crippen LogP contribution is 2.19. The number of carbonyl (C=O) groups is 1. The Bertz CT molecular complexity index is 504. The van der Waals surface area contributed by atoms with Crippen molar-refractivity contribution in [3.8, 4) is 0 Å². The summed E-state index contributed by atoms with van der Waals surface area (Å²) in [6.45, 7) is 4.13. The minimum absolute atomic E-state index is 0.328. The summed E-state index contributed by atoms with van der Waals surface area (Å²) in [5.74, 6) is -0.259. The number of benzene rings is 1. The fourth-order valence-corrected chi connectivity index (χ4v) is 2.31. The molecule has 1 aromatic rings. The maximum absolute atomic E-state index is 11.9. The first-order chi connectivity index (χ1) is 8.40. The third-order valence-corrected chi connectivity index (χ3v) is 3.22. The van der Waals surface area contributed by atoms with E-state index in [1.807, 2.05) is 6.07 Å². The van der Waals surface area contributed by atoms with E-state index in [4.69, 9.17) is 0 Å². The SMILES string of the molecule is CC(C)Cc1cc(Br)ccc1C(=O)NC[SH](=O)=O. The van der Waals surface area contributed by atoms with Gasteiger partial charge < -0.3 is 5.32 Å². The molecule has 100 valence electrons. The predicted molar refractivity (Wildman–Crippen MR) is 75.3 cm³/mol. The number of rotatable bonds is 5. The molecular formula is C12H16BrNO3S. The maximum Gasteiger partial charge on any atom is 0.252 e. The Morgan fingerprint density at radius 3 is 2.61 bits per heavy atom. The van der Waals surface area contributed by atoms with Crippen molar-refractivity contribution in [1.82, 2.24) is 5.32 Å². The Hall–Kier alpha value is -0.880. The van der Waals surface area contributed by atoms with Crippen molar-refractivity contribution in [3.05, 3.63) is 33.8 Å². The molecule has 0 atom stereocenters. The van der Waals surface area contributed by atoms with Gasteiger partial charge in [-0.25, -0.2) is 8.42 Å². The lowest BCUT2D eigenvalue weighted by atomic mass is 9.97. The number of hydrogen-bond acceptors (Lipinski definition) is 3. The van der Waals surface area contributed by atoms with Crippen LogP contribution in [0.3, 0.4) is 0 Å². The smallest absolute Gasteiger partial charge is 0.252 e. The molecule has 0 bridgehead atoms. The van der Waals surface area contributed by atoms with Gasteiger partial charge in [-0.15, -0.1) is 0 Å². The molecule has 1 aromatic carbocycles. The second-order valence-corrected chi connectivity index (χ2v) is 6.29. The number of carbonyl (C=O) groups excluding carboxylic acids is 1. The molecule has 0 heterocycles. The number of amides is 1. The van der Waals surface area contributed by atoms with Gasteiger partial charge in [-0.05, 0) is 36.1 Å². The summed E-state index contributed by atoms with van der Waals surface area (Å²) in [6, 6.07) is 5.37. The van der Waals surface area contributed by atoms with Crippen molar-refractivity contribution < 1.29 is 13.2 Å². The highest BCUT2D eigenvalue weighted by Gasteiger charge is 2.12. The van der Waals surface area contributed by atoms with Gasteiger partial charge in [-0.3, -0.25) is 4.79 Å². The summed E-state index contributed by atoms with van der Waals surface area (Å²) in [6.07, 6.45) is 0.770. The van der Waals surface area contributed by atoms with Crippen molar-refractivity contribution in [3.63, 3.8) is 0 Å². The summed E-state index contributed by atoms with van der Waals surface area (Å²) in [4.78, 5) is 11.9. The fourth-order valence-electron chi connectivity index (χ4n) is 1.62. The minimum Gasteiger partial charge on any atom is -0.338 e. The number of thiol groups is 1. The van der Waals surface area contributed by atoms with Gasteiger partial charge in [-0.2, -0.15) is 0 Å². The van der Waals surface area contributed by atoms with E-state index in [1.165, 1.54) is 0 Å². The summed E-state index contributed by atoms with van der Waals surface area (Å²) in [5.41, 5.74) is 1.45. The van der Waals surface area contributed by atoms with Gasteiger partial charge in [0, 0.05) is 10.0 Å². The normalized spacial score (nSPS) is 10.9. The Morgan fingerprint density at radius 2 is 2.06 bits per heavy atom. The molecule has 0 aliphatic heterocycles. The molecule has 18 heavy (non-hydrogen) atoms. The molecule has 0 saturated carbocycles. The molecule has 1 amide bonds. The zero-order chi connectivity index (χ0) is 13.7. The van der Waals surface area contributed by atoms with E-state index in [1.54, 1.807) is 12.1 Å². The number of halogens is 1. The van der Waals surface area contributed by atoms with Gasteiger partial charge >= 0.3 is 0 Å². The first kappa shape index (κ1) is 15.2. The number of nitrogens with one attached hydrogen (secondary N) is 1. The van der Waals surface area contributed by atoms with Crippen LogP contribution < -0.4 is 5.32 Å². The lowest BCUT2D eigenvalue weighted by Gasteiger charge is -2.11. The van der Waals surface area contributed by atoms with E-state index < -0.39 is 10.7 Å². The van der Waals surface area contributed by atoms with Crippen molar-refractivity contribution in [2.24, 2.45) is 5.92 Å². The molecule has 0 aliphatic rings. The van der Waals surface area contributed by atoms with Gasteiger partial charge in [0.25, 0.3) is 5.91 Å². The van der Waals surface area contributed by atoms with Crippen LogP contribution in [0.2, 0.25) is 0 Å². The molecule has 0 aromatic heterocycles. The zero-order valence-electron chi connectivity index (χ0n) is 10.3. The molecule has 0 radical (unpaired) electrons. The van der Waals surface area contributed by atoms with Crippen LogP contribution >= 0.6 is 15.9 Å². The van der Waals surface area contributed by atoms with Crippen LogP contribution in [-0.2, 0) is 17.1 Å². The highest BCUT2D eigenvalue weighted by molar-refractivity contribution is 9.10. The van der Waals surface area contributed by atoms with E-state index in [9.17, 15) is 13.2 Å². The Labute approximate surface area is 117 Å². The monoisotopic (exact) mass is 333 g/mol. The molecule has 0 aliphatic carbocycles. The van der Waals surface area contributed by atoms with E-state index in [0.717, 1.165) is 16.5 Å². The molecule has 0 fully saturated rings. The first-order valence-electron chi connectivity index (χ1n) is 5.58. The average Bonchev–Trinajstić information content (AvgIpc) is 2.25. The maximum atomic E-state index is 11.9. The van der Waals surface area contributed by atoms with Crippen LogP contribution in [0.15, 0.2) is 22.7 Å². The average molecular weight is 334 g/mol. The largest absolute Gasteiger partial charge is 0.338 e. The second kappa shape index (κ2) is 6.89. The van der Waals surface area contributed by atoms with E-state index in [-0.39, 0.29) is 11.8 Å². The molecule has 1 N–H and O–H groups in total. The topological polar surface area (TPSA) is 63.2 Å². The number of hydrogen-bond donors (Lipinski definition) is 2. The lowest BCUT2D eigenvalue weighted by Crippen LogP contribution is -2.26. The summed E-state index contributed by atoms with van der Waals surface area (Å²) >= 11 is 3.37. The fraction of sp³-hybridized carbons (Fsp3) is 0.417. The third kappa shape index (κ3) is 4.78. The highest BCUT2D eigenvalue weighted by atomic mass is 79.9. The van der Waals surface area contributed by atoms with Crippen LogP contribution in [0.4, 0.5) is 0 Å². The van der Waals surface area contributed by atoms with Gasteiger partial charge in [-0.1, -0.05) is 29.8 Å². The Kier molecular flexibility index (Phi) is 5.81. The van der Waals surface area contributed by atoms with Crippen LogP contribution in [0.1, 0.15) is 29.8 Å². The Morgan fingerprint density at radius 1 is 1.39 bits per heavy atom. The third-order valence-electron chi connectivity index (χ3n) is 2.31. The summed E-state index contributed by atoms with van der Waals surface area (Å²) in [7, 11) is -2.60. The Balaban J connectivity index is 2.95. The van der Waals surface area contributed by atoms with Gasteiger partial charge in [0.1, 0.15) is 5.88 Å². The van der Waals surface area contributed by atoms with Crippen molar-refractivity contribution in [2.45, 2.75) is 20.3 Å². The molecule has 0 unspecified atom stereocenters. The van der Waals surface area contributed by atoms with Gasteiger partial charge in [0.2, 0.25) is 0 Å². The van der Waals surface area contributed by atoms with Gasteiger partial charge in [0.15, 0.2) is 10.7 Å². The standard InChI is InChI=1S/C12H16BrNO3S/c1-8(2)5-9-6-10(13)3-4-11(9)12(15)14-7-18(16)17/h3-4,6,8,18H,5,7H2,1-2H3,(H,14,15). The van der Waals surface area contributed by atoms with E-state index >= 15 is 0 Å². The molecule has 0 spiro atoms. The van der Waals surface area contributed by atoms with Crippen molar-refractivity contribution in [2.75, 3.05) is 5.88 Å². The zero-order valence-corrected chi connectivity index (χ0v) is 12.8. The van der Waals surface area contributed by atoms with Crippen LogP contribution in [-0.4, -0.2) is 20.2 Å². The first-order valence-corrected chi connectivity index (χ1v) is 7.74. The molecular weight excluding hydrogens is 318 g/mol. The van der Waals surface area contributed by atoms with E-state index in [0.29, 0.717) is 11.5 Å². The minimum atomic E-state index is -2.60. The van der Waals surface area contributed by atoms with Crippen molar-refractivity contribution in [1.29, 1.82) is 0 Å². The van der Waals surface area contributed by atoms with E-state index in [2.05, 4.69) is 35.1 Å². The molecule has 0 saturated heterocycles. The van der Waals surface area contributed by atoms with Crippen LogP contribution in [0.25, 0.3) is 0 Å². The molecule has 6 heteroatoms. The van der Waals surface area contributed by atoms with Crippen LogP contribution in [0, 0.1) is 5.92 Å². The predicted octanol–water partition coefficient (Wildman–Crippen LogP) is 1.95.